The Hall–Kier alpha value is -0.200. The number of rotatable bonds is 7. The van der Waals surface area contributed by atoms with Gasteiger partial charge >= 0.3 is 0 Å². The van der Waals surface area contributed by atoms with Gasteiger partial charge in [0.1, 0.15) is 0 Å². The Labute approximate surface area is 104 Å². The Kier molecular flexibility index (Phi) is 6.37. The highest BCUT2D eigenvalue weighted by Gasteiger charge is 2.33. The van der Waals surface area contributed by atoms with E-state index in [2.05, 4.69) is 24.1 Å². The molecule has 0 aromatic rings. The summed E-state index contributed by atoms with van der Waals surface area (Å²) in [7, 11) is 3.44. The van der Waals surface area contributed by atoms with Crippen molar-refractivity contribution in [2.75, 3.05) is 40.5 Å². The van der Waals surface area contributed by atoms with Gasteiger partial charge in [0.2, 0.25) is 0 Å². The largest absolute Gasteiger partial charge is 0.395 e. The van der Waals surface area contributed by atoms with Crippen LogP contribution in [0.15, 0.2) is 0 Å². The average Bonchev–Trinajstić information content (AvgIpc) is 2.69. The quantitative estimate of drug-likeness (QED) is 0.645. The van der Waals surface area contributed by atoms with Gasteiger partial charge in [-0.25, -0.2) is 0 Å². The zero-order valence-corrected chi connectivity index (χ0v) is 11.3. The fraction of sp³-hybridized carbons (Fsp3) is 1.00. The lowest BCUT2D eigenvalue weighted by Crippen LogP contribution is -2.45. The molecule has 0 aliphatic carbocycles. The van der Waals surface area contributed by atoms with Gasteiger partial charge in [-0.3, -0.25) is 4.90 Å². The number of nitrogens with one attached hydrogen (secondary N) is 1. The van der Waals surface area contributed by atoms with Crippen molar-refractivity contribution in [2.45, 2.75) is 38.1 Å². The van der Waals surface area contributed by atoms with Crippen molar-refractivity contribution in [1.29, 1.82) is 0 Å². The molecular weight excluding hydrogens is 220 g/mol. The van der Waals surface area contributed by atoms with Gasteiger partial charge in [0.05, 0.1) is 18.8 Å². The maximum absolute atomic E-state index is 9.33. The standard InChI is InChI=1S/C12H26N2O3/c1-9(2)13-10(8-15)5-14-6-11(16-3)12(7-14)17-4/h9-13,15H,5-8H2,1-4H3. The molecule has 3 unspecified atom stereocenters. The predicted molar refractivity (Wildman–Crippen MR) is 67.2 cm³/mol. The van der Waals surface area contributed by atoms with Crippen molar-refractivity contribution < 1.29 is 14.6 Å². The van der Waals surface area contributed by atoms with Crippen LogP contribution < -0.4 is 5.32 Å². The Bertz CT molecular complexity index is 202. The lowest BCUT2D eigenvalue weighted by Gasteiger charge is -2.24. The molecule has 0 amide bonds. The molecule has 0 saturated carbocycles. The molecule has 0 bridgehead atoms. The summed E-state index contributed by atoms with van der Waals surface area (Å²) in [6.07, 6.45) is 0.275. The molecule has 0 aromatic carbocycles. The second-order valence-corrected chi connectivity index (χ2v) is 4.97. The Balaban J connectivity index is 2.41. The third-order valence-corrected chi connectivity index (χ3v) is 3.16. The average molecular weight is 246 g/mol. The van der Waals surface area contributed by atoms with Crippen LogP contribution in [0.2, 0.25) is 0 Å². The molecule has 1 heterocycles. The first kappa shape index (κ1) is 14.9. The molecule has 102 valence electrons. The maximum atomic E-state index is 9.33. The van der Waals surface area contributed by atoms with E-state index in [4.69, 9.17) is 9.47 Å². The van der Waals surface area contributed by atoms with E-state index in [-0.39, 0.29) is 24.9 Å². The first-order valence-corrected chi connectivity index (χ1v) is 6.25. The summed E-state index contributed by atoms with van der Waals surface area (Å²) in [5, 5.41) is 12.7. The van der Waals surface area contributed by atoms with Crippen LogP contribution in [0.1, 0.15) is 13.8 Å². The zero-order chi connectivity index (χ0) is 12.8. The molecule has 17 heavy (non-hydrogen) atoms. The van der Waals surface area contributed by atoms with E-state index in [0.29, 0.717) is 6.04 Å². The number of hydrogen-bond donors (Lipinski definition) is 2. The molecule has 5 heteroatoms. The summed E-state index contributed by atoms with van der Waals surface area (Å²) in [6.45, 7) is 6.89. The van der Waals surface area contributed by atoms with E-state index in [1.807, 2.05) is 0 Å². The molecule has 0 spiro atoms. The van der Waals surface area contributed by atoms with Crippen LogP contribution in [0.3, 0.4) is 0 Å². The molecule has 0 radical (unpaired) electrons. The molecule has 2 N–H and O–H groups in total. The number of nitrogens with zero attached hydrogens (tertiary/aromatic N) is 1. The summed E-state index contributed by atoms with van der Waals surface area (Å²) in [5.41, 5.74) is 0. The smallest absolute Gasteiger partial charge is 0.0971 e. The van der Waals surface area contributed by atoms with Crippen LogP contribution >= 0.6 is 0 Å². The summed E-state index contributed by atoms with van der Waals surface area (Å²) in [4.78, 5) is 2.28. The second kappa shape index (κ2) is 7.28. The normalized spacial score (nSPS) is 27.9. The topological polar surface area (TPSA) is 54.0 Å². The monoisotopic (exact) mass is 246 g/mol. The van der Waals surface area contributed by atoms with Gasteiger partial charge in [0, 0.05) is 45.9 Å². The van der Waals surface area contributed by atoms with Gasteiger partial charge in [-0.1, -0.05) is 13.8 Å². The lowest BCUT2D eigenvalue weighted by atomic mass is 10.2. The zero-order valence-electron chi connectivity index (χ0n) is 11.3. The number of ether oxygens (including phenoxy) is 2. The van der Waals surface area contributed by atoms with Gasteiger partial charge < -0.3 is 19.9 Å². The Morgan fingerprint density at radius 3 is 2.12 bits per heavy atom. The number of methoxy groups -OCH3 is 2. The van der Waals surface area contributed by atoms with Crippen LogP contribution in [0.5, 0.6) is 0 Å². The number of aliphatic hydroxyl groups is 1. The maximum Gasteiger partial charge on any atom is 0.0971 e. The van der Waals surface area contributed by atoms with Crippen LogP contribution in [0.4, 0.5) is 0 Å². The molecule has 3 atom stereocenters. The Morgan fingerprint density at radius 2 is 1.76 bits per heavy atom. The van der Waals surface area contributed by atoms with E-state index >= 15 is 0 Å². The van der Waals surface area contributed by atoms with Gasteiger partial charge in [-0.15, -0.1) is 0 Å². The number of likely N-dealkylation sites (tertiary alicyclic amines) is 1. The predicted octanol–water partition coefficient (Wildman–Crippen LogP) is -0.309. The fourth-order valence-electron chi connectivity index (χ4n) is 2.37. The van der Waals surface area contributed by atoms with Crippen molar-refractivity contribution in [2.24, 2.45) is 0 Å². The minimum absolute atomic E-state index is 0.114. The first-order chi connectivity index (χ1) is 8.10. The fourth-order valence-corrected chi connectivity index (χ4v) is 2.37. The summed E-state index contributed by atoms with van der Waals surface area (Å²) in [6, 6.07) is 0.495. The van der Waals surface area contributed by atoms with Crippen molar-refractivity contribution >= 4 is 0 Å². The first-order valence-electron chi connectivity index (χ1n) is 6.25. The van der Waals surface area contributed by atoms with Gasteiger partial charge in [-0.2, -0.15) is 0 Å². The Morgan fingerprint density at radius 1 is 1.24 bits per heavy atom. The molecule has 1 rings (SSSR count). The molecule has 5 nitrogen and oxygen atoms in total. The van der Waals surface area contributed by atoms with E-state index in [9.17, 15) is 5.11 Å². The number of hydrogen-bond acceptors (Lipinski definition) is 5. The summed E-state index contributed by atoms with van der Waals surface area (Å²) in [5.74, 6) is 0. The molecule has 1 fully saturated rings. The van der Waals surface area contributed by atoms with Crippen molar-refractivity contribution in [1.82, 2.24) is 10.2 Å². The van der Waals surface area contributed by atoms with Crippen LogP contribution in [-0.4, -0.2) is 74.8 Å². The van der Waals surface area contributed by atoms with E-state index < -0.39 is 0 Å². The second-order valence-electron chi connectivity index (χ2n) is 4.97. The highest BCUT2D eigenvalue weighted by Crippen LogP contribution is 2.15. The highest BCUT2D eigenvalue weighted by molar-refractivity contribution is 4.88. The minimum Gasteiger partial charge on any atom is -0.395 e. The van der Waals surface area contributed by atoms with Crippen LogP contribution in [-0.2, 0) is 9.47 Å². The highest BCUT2D eigenvalue weighted by atomic mass is 16.5. The molecule has 1 aliphatic rings. The minimum atomic E-state index is 0.114. The molecular formula is C12H26N2O3. The van der Waals surface area contributed by atoms with Gasteiger partial charge in [-0.05, 0) is 0 Å². The van der Waals surface area contributed by atoms with Crippen LogP contribution in [0, 0.1) is 0 Å². The molecule has 0 aromatic heterocycles. The SMILES string of the molecule is COC1CN(CC(CO)NC(C)C)CC1OC. The van der Waals surface area contributed by atoms with Crippen molar-refractivity contribution in [3.63, 3.8) is 0 Å². The molecule has 1 aliphatic heterocycles. The van der Waals surface area contributed by atoms with E-state index in [0.717, 1.165) is 19.6 Å². The third-order valence-electron chi connectivity index (χ3n) is 3.16. The van der Waals surface area contributed by atoms with Gasteiger partial charge in [0.25, 0.3) is 0 Å². The number of aliphatic hydroxyl groups excluding tert-OH is 1. The van der Waals surface area contributed by atoms with Crippen molar-refractivity contribution in [3.05, 3.63) is 0 Å². The van der Waals surface area contributed by atoms with E-state index in [1.165, 1.54) is 0 Å². The van der Waals surface area contributed by atoms with E-state index in [1.54, 1.807) is 14.2 Å². The summed E-state index contributed by atoms with van der Waals surface area (Å²) >= 11 is 0. The van der Waals surface area contributed by atoms with Crippen molar-refractivity contribution in [3.8, 4) is 0 Å². The summed E-state index contributed by atoms with van der Waals surface area (Å²) < 4.78 is 10.8. The molecule has 1 saturated heterocycles. The van der Waals surface area contributed by atoms with Gasteiger partial charge in [0.15, 0.2) is 0 Å². The third kappa shape index (κ3) is 4.52. The van der Waals surface area contributed by atoms with Crippen LogP contribution in [0.25, 0.3) is 0 Å². The lowest BCUT2D eigenvalue weighted by molar-refractivity contribution is -0.00461.